The number of aromatic nitrogens is 1. The SMILES string of the molecule is CN=C(NCCNS(=O)(=O)c1cccnc1)NC(C)c1cc(C)ccc1OC.I. The maximum absolute atomic E-state index is 12.2. The van der Waals surface area contributed by atoms with Crippen molar-refractivity contribution in [2.24, 2.45) is 4.99 Å². The van der Waals surface area contributed by atoms with Gasteiger partial charge in [0.15, 0.2) is 5.96 Å². The fraction of sp³-hybridized carbons (Fsp3) is 0.368. The second-order valence-corrected chi connectivity index (χ2v) is 7.96. The molecule has 2 aromatic rings. The van der Waals surface area contributed by atoms with Crippen molar-refractivity contribution in [2.45, 2.75) is 24.8 Å². The van der Waals surface area contributed by atoms with E-state index in [1.54, 1.807) is 20.2 Å². The molecule has 29 heavy (non-hydrogen) atoms. The zero-order valence-electron chi connectivity index (χ0n) is 17.0. The van der Waals surface area contributed by atoms with Crippen molar-refractivity contribution >= 4 is 40.0 Å². The van der Waals surface area contributed by atoms with Crippen LogP contribution >= 0.6 is 24.0 Å². The van der Waals surface area contributed by atoms with E-state index in [1.165, 1.54) is 18.5 Å². The molecule has 0 spiro atoms. The van der Waals surface area contributed by atoms with Crippen LogP contribution in [0.2, 0.25) is 0 Å². The summed E-state index contributed by atoms with van der Waals surface area (Å²) >= 11 is 0. The zero-order valence-corrected chi connectivity index (χ0v) is 20.1. The molecule has 10 heteroatoms. The highest BCUT2D eigenvalue weighted by Gasteiger charge is 2.15. The molecule has 3 N–H and O–H groups in total. The number of nitrogens with zero attached hydrogens (tertiary/aromatic N) is 2. The lowest BCUT2D eigenvalue weighted by atomic mass is 10.0. The average Bonchev–Trinajstić information content (AvgIpc) is 2.70. The molecule has 0 aliphatic heterocycles. The molecule has 0 saturated carbocycles. The van der Waals surface area contributed by atoms with Crippen LogP contribution in [0, 0.1) is 6.92 Å². The van der Waals surface area contributed by atoms with E-state index in [0.29, 0.717) is 12.5 Å². The summed E-state index contributed by atoms with van der Waals surface area (Å²) in [5, 5.41) is 6.39. The minimum absolute atomic E-state index is 0. The van der Waals surface area contributed by atoms with E-state index in [9.17, 15) is 8.42 Å². The van der Waals surface area contributed by atoms with Crippen LogP contribution in [0.4, 0.5) is 0 Å². The van der Waals surface area contributed by atoms with Gasteiger partial charge in [0.05, 0.1) is 13.2 Å². The Morgan fingerprint density at radius 1 is 1.28 bits per heavy atom. The van der Waals surface area contributed by atoms with Gasteiger partial charge in [-0.05, 0) is 32.0 Å². The molecule has 0 aliphatic rings. The molecule has 1 aromatic heterocycles. The number of methoxy groups -OCH3 is 1. The molecule has 0 fully saturated rings. The first-order valence-corrected chi connectivity index (χ1v) is 10.4. The summed E-state index contributed by atoms with van der Waals surface area (Å²) in [6, 6.07) is 9.03. The maximum Gasteiger partial charge on any atom is 0.242 e. The molecule has 2 rings (SSSR count). The predicted molar refractivity (Wildman–Crippen MR) is 125 cm³/mol. The fourth-order valence-electron chi connectivity index (χ4n) is 2.63. The summed E-state index contributed by atoms with van der Waals surface area (Å²) < 4.78 is 32.3. The standard InChI is InChI=1S/C19H27N5O3S.HI/c1-14-7-8-18(27-4)17(12-14)15(2)24-19(20-3)22-10-11-23-28(25,26)16-6-5-9-21-13-16;/h5-9,12-13,15,23H,10-11H2,1-4H3,(H2,20,22,24);1H. The molecule has 1 aromatic carbocycles. The number of pyridine rings is 1. The zero-order chi connectivity index (χ0) is 20.6. The summed E-state index contributed by atoms with van der Waals surface area (Å²) in [5.74, 6) is 1.36. The van der Waals surface area contributed by atoms with Crippen LogP contribution in [0.3, 0.4) is 0 Å². The first-order valence-electron chi connectivity index (χ1n) is 8.89. The highest BCUT2D eigenvalue weighted by atomic mass is 127. The minimum Gasteiger partial charge on any atom is -0.496 e. The van der Waals surface area contributed by atoms with E-state index in [-0.39, 0.29) is 41.5 Å². The Bertz CT molecular complexity index is 907. The van der Waals surface area contributed by atoms with Crippen molar-refractivity contribution in [1.29, 1.82) is 0 Å². The van der Waals surface area contributed by atoms with Crippen molar-refractivity contribution in [3.05, 3.63) is 53.9 Å². The molecule has 0 radical (unpaired) electrons. The molecule has 8 nitrogen and oxygen atoms in total. The molecule has 0 amide bonds. The second kappa shape index (κ2) is 11.9. The highest BCUT2D eigenvalue weighted by Crippen LogP contribution is 2.25. The van der Waals surface area contributed by atoms with Crippen LogP contribution in [-0.2, 0) is 10.0 Å². The number of rotatable bonds is 8. The summed E-state index contributed by atoms with van der Waals surface area (Å²) in [6.45, 7) is 4.61. The van der Waals surface area contributed by atoms with Crippen molar-refractivity contribution in [1.82, 2.24) is 20.3 Å². The van der Waals surface area contributed by atoms with Crippen LogP contribution in [0.25, 0.3) is 0 Å². The van der Waals surface area contributed by atoms with E-state index >= 15 is 0 Å². The molecule has 0 aliphatic carbocycles. The van der Waals surface area contributed by atoms with Gasteiger partial charge in [0.1, 0.15) is 10.6 Å². The number of guanidine groups is 1. The second-order valence-electron chi connectivity index (χ2n) is 6.20. The van der Waals surface area contributed by atoms with E-state index in [1.807, 2.05) is 26.0 Å². The van der Waals surface area contributed by atoms with Gasteiger partial charge in [-0.2, -0.15) is 0 Å². The quantitative estimate of drug-likeness (QED) is 0.208. The van der Waals surface area contributed by atoms with Crippen LogP contribution in [0.15, 0.2) is 52.6 Å². The predicted octanol–water partition coefficient (Wildman–Crippen LogP) is 2.22. The topological polar surface area (TPSA) is 105 Å². The molecular weight excluding hydrogens is 505 g/mol. The van der Waals surface area contributed by atoms with Gasteiger partial charge in [-0.25, -0.2) is 13.1 Å². The van der Waals surface area contributed by atoms with E-state index < -0.39 is 10.0 Å². The Morgan fingerprint density at radius 2 is 2.03 bits per heavy atom. The van der Waals surface area contributed by atoms with E-state index in [4.69, 9.17) is 4.74 Å². The third-order valence-corrected chi connectivity index (χ3v) is 5.53. The molecule has 0 saturated heterocycles. The van der Waals surface area contributed by atoms with Gasteiger partial charge < -0.3 is 15.4 Å². The number of aliphatic imine (C=N–C) groups is 1. The van der Waals surface area contributed by atoms with E-state index in [0.717, 1.165) is 16.9 Å². The third kappa shape index (κ3) is 7.44. The van der Waals surface area contributed by atoms with Crippen LogP contribution < -0.4 is 20.1 Å². The summed E-state index contributed by atoms with van der Waals surface area (Å²) in [7, 11) is -0.271. The Kier molecular flexibility index (Phi) is 10.3. The van der Waals surface area contributed by atoms with Crippen molar-refractivity contribution in [2.75, 3.05) is 27.2 Å². The van der Waals surface area contributed by atoms with Gasteiger partial charge in [0, 0.05) is 38.1 Å². The van der Waals surface area contributed by atoms with Gasteiger partial charge in [-0.15, -0.1) is 24.0 Å². The number of benzene rings is 1. The van der Waals surface area contributed by atoms with E-state index in [2.05, 4.69) is 31.4 Å². The molecule has 1 heterocycles. The highest BCUT2D eigenvalue weighted by molar-refractivity contribution is 14.0. The Labute approximate surface area is 189 Å². The first kappa shape index (κ1) is 25.1. The molecule has 0 bridgehead atoms. The van der Waals surface area contributed by atoms with Crippen molar-refractivity contribution < 1.29 is 13.2 Å². The lowest BCUT2D eigenvalue weighted by Crippen LogP contribution is -2.42. The minimum atomic E-state index is -3.57. The lowest BCUT2D eigenvalue weighted by molar-refractivity contribution is 0.405. The normalized spacial score (nSPS) is 12.6. The van der Waals surface area contributed by atoms with Crippen molar-refractivity contribution in [3.63, 3.8) is 0 Å². The maximum atomic E-state index is 12.2. The number of nitrogens with one attached hydrogen (secondary N) is 3. The summed E-state index contributed by atoms with van der Waals surface area (Å²) in [4.78, 5) is 8.15. The summed E-state index contributed by atoms with van der Waals surface area (Å²) in [6.07, 6.45) is 2.84. The average molecular weight is 533 g/mol. The molecular formula is C19H28IN5O3S. The number of ether oxygens (including phenoxy) is 1. The number of sulfonamides is 1. The number of hydrogen-bond acceptors (Lipinski definition) is 5. The van der Waals surface area contributed by atoms with Gasteiger partial charge in [-0.3, -0.25) is 9.98 Å². The fourth-order valence-corrected chi connectivity index (χ4v) is 3.62. The molecule has 160 valence electrons. The van der Waals surface area contributed by atoms with Crippen LogP contribution in [-0.4, -0.2) is 46.6 Å². The Morgan fingerprint density at radius 3 is 2.66 bits per heavy atom. The first-order chi connectivity index (χ1) is 13.4. The van der Waals surface area contributed by atoms with Gasteiger partial charge >= 0.3 is 0 Å². The monoisotopic (exact) mass is 533 g/mol. The number of hydrogen-bond donors (Lipinski definition) is 3. The van der Waals surface area contributed by atoms with Gasteiger partial charge in [0.25, 0.3) is 0 Å². The third-order valence-electron chi connectivity index (χ3n) is 4.08. The van der Waals surface area contributed by atoms with Gasteiger partial charge in [0.2, 0.25) is 10.0 Å². The summed E-state index contributed by atoms with van der Waals surface area (Å²) in [5.41, 5.74) is 2.15. The largest absolute Gasteiger partial charge is 0.496 e. The Balaban J connectivity index is 0.00000420. The molecule has 1 atom stereocenters. The smallest absolute Gasteiger partial charge is 0.242 e. The van der Waals surface area contributed by atoms with Crippen LogP contribution in [0.5, 0.6) is 5.75 Å². The number of halogens is 1. The van der Waals surface area contributed by atoms with Crippen molar-refractivity contribution in [3.8, 4) is 5.75 Å². The van der Waals surface area contributed by atoms with Crippen LogP contribution in [0.1, 0.15) is 24.1 Å². The Hall–Kier alpha value is -1.92. The number of aryl methyl sites for hydroxylation is 1. The lowest BCUT2D eigenvalue weighted by Gasteiger charge is -2.20. The molecule has 1 unspecified atom stereocenters. The van der Waals surface area contributed by atoms with Gasteiger partial charge in [-0.1, -0.05) is 17.7 Å².